The number of hydrogen-bond acceptors (Lipinski definition) is 4. The molecule has 2 N–H and O–H groups in total. The van der Waals surface area contributed by atoms with Gasteiger partial charge in [-0.2, -0.15) is 0 Å². The van der Waals surface area contributed by atoms with E-state index in [1.165, 1.54) is 12.1 Å². The summed E-state index contributed by atoms with van der Waals surface area (Å²) in [5, 5.41) is 20.5. The Morgan fingerprint density at radius 1 is 1.44 bits per heavy atom. The Balaban J connectivity index is 2.66. The number of aromatic hydroxyl groups is 1. The highest BCUT2D eigenvalue weighted by molar-refractivity contribution is 5.68. The standard InChI is InChI=1S/C12H13N3O3/c1-7(2)8-5-10(15(17)18)11(16)6-9(8)12-13-3-4-14-12/h3-7,16H,1-2H3,(H,13,14). The zero-order valence-corrected chi connectivity index (χ0v) is 10.0. The van der Waals surface area contributed by atoms with Crippen LogP contribution in [-0.2, 0) is 0 Å². The molecule has 0 unspecified atom stereocenters. The van der Waals surface area contributed by atoms with E-state index in [9.17, 15) is 15.2 Å². The van der Waals surface area contributed by atoms with Gasteiger partial charge in [-0.15, -0.1) is 0 Å². The molecule has 1 aromatic heterocycles. The summed E-state index contributed by atoms with van der Waals surface area (Å²) in [5.41, 5.74) is 1.17. The number of nitro groups is 1. The molecule has 0 radical (unpaired) electrons. The van der Waals surface area contributed by atoms with Crippen LogP contribution in [0.1, 0.15) is 25.3 Å². The van der Waals surface area contributed by atoms with Crippen molar-refractivity contribution in [2.45, 2.75) is 19.8 Å². The van der Waals surface area contributed by atoms with Gasteiger partial charge in [0.1, 0.15) is 5.82 Å². The van der Waals surface area contributed by atoms with Crippen LogP contribution < -0.4 is 0 Å². The lowest BCUT2D eigenvalue weighted by Crippen LogP contribution is -1.97. The van der Waals surface area contributed by atoms with Crippen molar-refractivity contribution < 1.29 is 10.0 Å². The van der Waals surface area contributed by atoms with Crippen LogP contribution in [-0.4, -0.2) is 20.0 Å². The molecule has 18 heavy (non-hydrogen) atoms. The highest BCUT2D eigenvalue weighted by Crippen LogP contribution is 2.36. The molecule has 0 bridgehead atoms. The highest BCUT2D eigenvalue weighted by atomic mass is 16.6. The quantitative estimate of drug-likeness (QED) is 0.644. The first-order chi connectivity index (χ1) is 8.50. The minimum absolute atomic E-state index is 0.0874. The fraction of sp³-hybridized carbons (Fsp3) is 0.250. The van der Waals surface area contributed by atoms with E-state index in [4.69, 9.17) is 0 Å². The molecule has 0 saturated heterocycles. The maximum Gasteiger partial charge on any atom is 0.311 e. The van der Waals surface area contributed by atoms with E-state index in [2.05, 4.69) is 9.97 Å². The van der Waals surface area contributed by atoms with Crippen LogP contribution in [0.5, 0.6) is 5.75 Å². The van der Waals surface area contributed by atoms with Crippen molar-refractivity contribution in [1.29, 1.82) is 0 Å². The minimum Gasteiger partial charge on any atom is -0.502 e. The topological polar surface area (TPSA) is 92.1 Å². The van der Waals surface area contributed by atoms with Crippen molar-refractivity contribution in [1.82, 2.24) is 9.97 Å². The Morgan fingerprint density at radius 3 is 2.67 bits per heavy atom. The van der Waals surface area contributed by atoms with Crippen molar-refractivity contribution in [3.63, 3.8) is 0 Å². The van der Waals surface area contributed by atoms with Gasteiger partial charge >= 0.3 is 5.69 Å². The Bertz CT molecular complexity index is 577. The van der Waals surface area contributed by atoms with E-state index >= 15 is 0 Å². The molecule has 6 nitrogen and oxygen atoms in total. The number of phenolic OH excluding ortho intramolecular Hbond substituents is 1. The van der Waals surface area contributed by atoms with E-state index in [0.29, 0.717) is 11.4 Å². The number of nitro benzene ring substituents is 1. The van der Waals surface area contributed by atoms with Crippen LogP contribution in [0.15, 0.2) is 24.5 Å². The number of imidazole rings is 1. The van der Waals surface area contributed by atoms with Gasteiger partial charge in [0.15, 0.2) is 5.75 Å². The van der Waals surface area contributed by atoms with Crippen LogP contribution in [0, 0.1) is 10.1 Å². The van der Waals surface area contributed by atoms with Gasteiger partial charge < -0.3 is 10.1 Å². The maximum absolute atomic E-state index is 10.8. The van der Waals surface area contributed by atoms with Gasteiger partial charge in [-0.05, 0) is 17.5 Å². The second-order valence-electron chi connectivity index (χ2n) is 4.28. The molecule has 0 fully saturated rings. The smallest absolute Gasteiger partial charge is 0.311 e. The third-order valence-electron chi connectivity index (χ3n) is 2.72. The average molecular weight is 247 g/mol. The van der Waals surface area contributed by atoms with E-state index in [-0.39, 0.29) is 17.4 Å². The van der Waals surface area contributed by atoms with E-state index in [0.717, 1.165) is 5.56 Å². The maximum atomic E-state index is 10.8. The molecule has 0 atom stereocenters. The number of aromatic nitrogens is 2. The van der Waals surface area contributed by atoms with Crippen molar-refractivity contribution in [3.8, 4) is 17.1 Å². The Kier molecular flexibility index (Phi) is 3.01. The summed E-state index contributed by atoms with van der Waals surface area (Å²) in [6.45, 7) is 3.87. The lowest BCUT2D eigenvalue weighted by atomic mass is 9.95. The lowest BCUT2D eigenvalue weighted by molar-refractivity contribution is -0.385. The molecule has 1 heterocycles. The van der Waals surface area contributed by atoms with Gasteiger partial charge in [-0.3, -0.25) is 10.1 Å². The molecule has 6 heteroatoms. The molecule has 0 aliphatic heterocycles. The normalized spacial score (nSPS) is 10.8. The molecule has 0 aliphatic carbocycles. The number of aromatic amines is 1. The lowest BCUT2D eigenvalue weighted by Gasteiger charge is -2.11. The highest BCUT2D eigenvalue weighted by Gasteiger charge is 2.20. The monoisotopic (exact) mass is 247 g/mol. The van der Waals surface area contributed by atoms with Gasteiger partial charge in [0.25, 0.3) is 0 Å². The molecule has 94 valence electrons. The first kappa shape index (κ1) is 12.1. The predicted molar refractivity (Wildman–Crippen MR) is 66.4 cm³/mol. The number of rotatable bonds is 3. The van der Waals surface area contributed by atoms with Gasteiger partial charge in [0, 0.05) is 24.0 Å². The van der Waals surface area contributed by atoms with Crippen molar-refractivity contribution >= 4 is 5.69 Å². The molecular formula is C12H13N3O3. The molecular weight excluding hydrogens is 234 g/mol. The second-order valence-corrected chi connectivity index (χ2v) is 4.28. The Hall–Kier alpha value is -2.37. The fourth-order valence-corrected chi connectivity index (χ4v) is 1.83. The predicted octanol–water partition coefficient (Wildman–Crippen LogP) is 2.81. The number of hydrogen-bond donors (Lipinski definition) is 2. The first-order valence-corrected chi connectivity index (χ1v) is 5.51. The van der Waals surface area contributed by atoms with Crippen molar-refractivity contribution in [2.24, 2.45) is 0 Å². The number of phenols is 1. The van der Waals surface area contributed by atoms with Gasteiger partial charge in [-0.25, -0.2) is 4.98 Å². The molecule has 0 saturated carbocycles. The third kappa shape index (κ3) is 2.04. The second kappa shape index (κ2) is 4.48. The third-order valence-corrected chi connectivity index (χ3v) is 2.72. The first-order valence-electron chi connectivity index (χ1n) is 5.51. The average Bonchev–Trinajstić information content (AvgIpc) is 2.80. The minimum atomic E-state index is -0.590. The summed E-state index contributed by atoms with van der Waals surface area (Å²) in [5.74, 6) is 0.323. The van der Waals surface area contributed by atoms with Gasteiger partial charge in [0.2, 0.25) is 0 Å². The number of nitrogens with zero attached hydrogens (tertiary/aromatic N) is 2. The summed E-state index contributed by atoms with van der Waals surface area (Å²) < 4.78 is 0. The number of benzene rings is 1. The van der Waals surface area contributed by atoms with Crippen LogP contribution in [0.3, 0.4) is 0 Å². The van der Waals surface area contributed by atoms with Crippen LogP contribution in [0.4, 0.5) is 5.69 Å². The fourth-order valence-electron chi connectivity index (χ4n) is 1.83. The summed E-state index contributed by atoms with van der Waals surface area (Å²) in [6, 6.07) is 2.78. The molecule has 0 amide bonds. The van der Waals surface area contributed by atoms with Crippen molar-refractivity contribution in [3.05, 3.63) is 40.2 Å². The van der Waals surface area contributed by atoms with E-state index < -0.39 is 4.92 Å². The molecule has 2 aromatic rings. The Labute approximate surface area is 103 Å². The van der Waals surface area contributed by atoms with E-state index in [1.807, 2.05) is 13.8 Å². The van der Waals surface area contributed by atoms with E-state index in [1.54, 1.807) is 12.4 Å². The Morgan fingerprint density at radius 2 is 2.17 bits per heavy atom. The molecule has 0 spiro atoms. The molecule has 0 aliphatic rings. The SMILES string of the molecule is CC(C)c1cc([N+](=O)[O-])c(O)cc1-c1ncc[nH]1. The zero-order chi connectivity index (χ0) is 13.3. The van der Waals surface area contributed by atoms with Crippen LogP contribution >= 0.6 is 0 Å². The summed E-state index contributed by atoms with van der Waals surface area (Å²) in [7, 11) is 0. The summed E-state index contributed by atoms with van der Waals surface area (Å²) >= 11 is 0. The van der Waals surface area contributed by atoms with Gasteiger partial charge in [-0.1, -0.05) is 13.8 Å². The van der Waals surface area contributed by atoms with Crippen LogP contribution in [0.25, 0.3) is 11.4 Å². The van der Waals surface area contributed by atoms with Crippen LogP contribution in [0.2, 0.25) is 0 Å². The molecule has 2 rings (SSSR count). The summed E-state index contributed by atoms with van der Waals surface area (Å²) in [4.78, 5) is 17.3. The van der Waals surface area contributed by atoms with Crippen molar-refractivity contribution in [2.75, 3.05) is 0 Å². The number of H-pyrrole nitrogens is 1. The zero-order valence-electron chi connectivity index (χ0n) is 10.0. The molecule has 1 aromatic carbocycles. The number of nitrogens with one attached hydrogen (secondary N) is 1. The van der Waals surface area contributed by atoms with Gasteiger partial charge in [0.05, 0.1) is 4.92 Å². The summed E-state index contributed by atoms with van der Waals surface area (Å²) in [6.07, 6.45) is 3.26. The largest absolute Gasteiger partial charge is 0.502 e.